The van der Waals surface area contributed by atoms with Crippen LogP contribution in [0.5, 0.6) is 5.75 Å². The summed E-state index contributed by atoms with van der Waals surface area (Å²) in [6, 6.07) is 8.25. The van der Waals surface area contributed by atoms with E-state index in [9.17, 15) is 0 Å². The maximum atomic E-state index is 5.40. The third-order valence-corrected chi connectivity index (χ3v) is 3.71. The molecule has 0 radical (unpaired) electrons. The molecule has 18 heavy (non-hydrogen) atoms. The van der Waals surface area contributed by atoms with Crippen LogP contribution in [-0.2, 0) is 6.54 Å². The van der Waals surface area contributed by atoms with Crippen molar-refractivity contribution in [3.63, 3.8) is 0 Å². The van der Waals surface area contributed by atoms with Gasteiger partial charge in [0.1, 0.15) is 5.75 Å². The van der Waals surface area contributed by atoms with Crippen molar-refractivity contribution in [2.75, 3.05) is 27.2 Å². The molecule has 0 bridgehead atoms. The van der Waals surface area contributed by atoms with Crippen LogP contribution in [0.25, 0.3) is 0 Å². The van der Waals surface area contributed by atoms with E-state index in [1.807, 2.05) is 12.1 Å². The Balaban J connectivity index is 1.96. The molecule has 3 nitrogen and oxygen atoms in total. The van der Waals surface area contributed by atoms with Gasteiger partial charge in [-0.25, -0.2) is 0 Å². The minimum absolute atomic E-state index is 0.275. The van der Waals surface area contributed by atoms with Gasteiger partial charge in [-0.2, -0.15) is 0 Å². The molecule has 1 heterocycles. The van der Waals surface area contributed by atoms with Crippen LogP contribution in [0.2, 0.25) is 0 Å². The predicted octanol–water partition coefficient (Wildman–Crippen LogP) is 2.27. The van der Waals surface area contributed by atoms with Gasteiger partial charge in [0.15, 0.2) is 0 Å². The lowest BCUT2D eigenvalue weighted by molar-refractivity contribution is 0.231. The molecule has 0 spiro atoms. The molecule has 100 valence electrons. The second kappa shape index (κ2) is 5.72. The first-order valence-corrected chi connectivity index (χ1v) is 6.68. The third kappa shape index (κ3) is 3.24. The zero-order valence-electron chi connectivity index (χ0n) is 11.7. The fraction of sp³-hybridized carbons (Fsp3) is 0.600. The lowest BCUT2D eigenvalue weighted by atomic mass is 9.99. The van der Waals surface area contributed by atoms with Gasteiger partial charge in [-0.05, 0) is 39.4 Å². The van der Waals surface area contributed by atoms with Crippen molar-refractivity contribution in [1.82, 2.24) is 10.2 Å². The maximum absolute atomic E-state index is 5.40. The van der Waals surface area contributed by atoms with E-state index in [-0.39, 0.29) is 5.54 Å². The van der Waals surface area contributed by atoms with Crippen molar-refractivity contribution in [3.8, 4) is 5.75 Å². The van der Waals surface area contributed by atoms with Crippen LogP contribution in [-0.4, -0.2) is 37.7 Å². The highest BCUT2D eigenvalue weighted by Gasteiger charge is 2.29. The fourth-order valence-electron chi connectivity index (χ4n) is 2.87. The maximum Gasteiger partial charge on any atom is 0.123 e. The van der Waals surface area contributed by atoms with E-state index >= 15 is 0 Å². The summed E-state index contributed by atoms with van der Waals surface area (Å²) in [5.41, 5.74) is 1.53. The Morgan fingerprint density at radius 2 is 2.17 bits per heavy atom. The molecule has 0 amide bonds. The Morgan fingerprint density at radius 1 is 1.39 bits per heavy atom. The normalized spacial score (nSPS) is 23.6. The quantitative estimate of drug-likeness (QED) is 0.865. The number of hydrogen-bond acceptors (Lipinski definition) is 3. The summed E-state index contributed by atoms with van der Waals surface area (Å²) < 4.78 is 5.40. The molecule has 1 N–H and O–H groups in total. The average molecular weight is 248 g/mol. The number of nitrogens with one attached hydrogen (secondary N) is 1. The van der Waals surface area contributed by atoms with Crippen LogP contribution in [0.3, 0.4) is 0 Å². The van der Waals surface area contributed by atoms with Gasteiger partial charge in [0, 0.05) is 24.2 Å². The molecule has 0 saturated carbocycles. The zero-order valence-corrected chi connectivity index (χ0v) is 11.7. The van der Waals surface area contributed by atoms with Crippen LogP contribution in [0.4, 0.5) is 0 Å². The highest BCUT2D eigenvalue weighted by Crippen LogP contribution is 2.22. The Kier molecular flexibility index (Phi) is 4.25. The van der Waals surface area contributed by atoms with Crippen LogP contribution in [0.1, 0.15) is 25.3 Å². The smallest absolute Gasteiger partial charge is 0.123 e. The number of rotatable bonds is 5. The fourth-order valence-corrected chi connectivity index (χ4v) is 2.87. The first-order chi connectivity index (χ1) is 8.63. The molecule has 0 aromatic heterocycles. The second-order valence-corrected chi connectivity index (χ2v) is 5.58. The van der Waals surface area contributed by atoms with Gasteiger partial charge in [0.25, 0.3) is 0 Å². The Morgan fingerprint density at radius 3 is 2.83 bits per heavy atom. The Labute approximate surface area is 110 Å². The average Bonchev–Trinajstić information content (AvgIpc) is 2.76. The number of methoxy groups -OCH3 is 1. The molecule has 1 atom stereocenters. The third-order valence-electron chi connectivity index (χ3n) is 3.71. The predicted molar refractivity (Wildman–Crippen MR) is 75.0 cm³/mol. The van der Waals surface area contributed by atoms with Crippen molar-refractivity contribution in [2.24, 2.45) is 0 Å². The van der Waals surface area contributed by atoms with Gasteiger partial charge < -0.3 is 15.0 Å². The molecule has 1 aliphatic heterocycles. The number of likely N-dealkylation sites (N-methyl/N-ethyl adjacent to an activating group) is 1. The number of benzene rings is 1. The molecule has 1 aliphatic rings. The van der Waals surface area contributed by atoms with E-state index in [2.05, 4.69) is 36.3 Å². The monoisotopic (exact) mass is 248 g/mol. The highest BCUT2D eigenvalue weighted by atomic mass is 16.5. The van der Waals surface area contributed by atoms with E-state index in [0.29, 0.717) is 0 Å². The number of hydrogen-bond donors (Lipinski definition) is 1. The summed E-state index contributed by atoms with van der Waals surface area (Å²) in [5, 5.41) is 3.61. The van der Waals surface area contributed by atoms with Crippen molar-refractivity contribution < 1.29 is 4.74 Å². The summed E-state index contributed by atoms with van der Waals surface area (Å²) in [5.74, 6) is 0.980. The molecule has 1 saturated heterocycles. The van der Waals surface area contributed by atoms with E-state index in [1.165, 1.54) is 18.4 Å². The summed E-state index contributed by atoms with van der Waals surface area (Å²) in [7, 11) is 3.91. The molecule has 0 aliphatic carbocycles. The standard InChI is InChI=1S/C15H24N2O/c1-15(9-6-10-16-15)12-17(2)11-13-7-4-5-8-14(13)18-3/h4-5,7-8,16H,6,9-12H2,1-3H3. The van der Waals surface area contributed by atoms with Gasteiger partial charge in [0.2, 0.25) is 0 Å². The van der Waals surface area contributed by atoms with E-state index in [4.69, 9.17) is 4.74 Å². The molecule has 2 rings (SSSR count). The van der Waals surface area contributed by atoms with Crippen LogP contribution in [0, 0.1) is 0 Å². The van der Waals surface area contributed by atoms with Crippen molar-refractivity contribution in [2.45, 2.75) is 31.8 Å². The van der Waals surface area contributed by atoms with E-state index in [0.717, 1.165) is 25.4 Å². The summed E-state index contributed by atoms with van der Waals surface area (Å²) >= 11 is 0. The van der Waals surface area contributed by atoms with Crippen molar-refractivity contribution in [1.29, 1.82) is 0 Å². The first-order valence-electron chi connectivity index (χ1n) is 6.68. The molecule has 1 aromatic rings. The number of nitrogens with zero attached hydrogens (tertiary/aromatic N) is 1. The molecule has 1 aromatic carbocycles. The van der Waals surface area contributed by atoms with E-state index < -0.39 is 0 Å². The lowest BCUT2D eigenvalue weighted by Gasteiger charge is -2.30. The van der Waals surface area contributed by atoms with Crippen LogP contribution in [0.15, 0.2) is 24.3 Å². The van der Waals surface area contributed by atoms with Crippen LogP contribution >= 0.6 is 0 Å². The van der Waals surface area contributed by atoms with Crippen LogP contribution < -0.4 is 10.1 Å². The molecular formula is C15H24N2O. The first kappa shape index (κ1) is 13.4. The largest absolute Gasteiger partial charge is 0.496 e. The van der Waals surface area contributed by atoms with E-state index in [1.54, 1.807) is 7.11 Å². The topological polar surface area (TPSA) is 24.5 Å². The second-order valence-electron chi connectivity index (χ2n) is 5.58. The number of para-hydroxylation sites is 1. The van der Waals surface area contributed by atoms with Gasteiger partial charge >= 0.3 is 0 Å². The van der Waals surface area contributed by atoms with Gasteiger partial charge in [0.05, 0.1) is 7.11 Å². The Hall–Kier alpha value is -1.06. The minimum atomic E-state index is 0.275. The van der Waals surface area contributed by atoms with Crippen molar-refractivity contribution >= 4 is 0 Å². The van der Waals surface area contributed by atoms with Crippen molar-refractivity contribution in [3.05, 3.63) is 29.8 Å². The van der Waals surface area contributed by atoms with Gasteiger partial charge in [-0.1, -0.05) is 18.2 Å². The summed E-state index contributed by atoms with van der Waals surface area (Å²) in [4.78, 5) is 2.37. The van der Waals surface area contributed by atoms with Gasteiger partial charge in [-0.3, -0.25) is 0 Å². The number of ether oxygens (including phenoxy) is 1. The molecule has 3 heteroatoms. The highest BCUT2D eigenvalue weighted by molar-refractivity contribution is 5.33. The summed E-state index contributed by atoms with van der Waals surface area (Å²) in [6.45, 7) is 5.48. The summed E-state index contributed by atoms with van der Waals surface area (Å²) in [6.07, 6.45) is 2.56. The molecule has 1 fully saturated rings. The van der Waals surface area contributed by atoms with Gasteiger partial charge in [-0.15, -0.1) is 0 Å². The molecule has 1 unspecified atom stereocenters. The minimum Gasteiger partial charge on any atom is -0.496 e. The SMILES string of the molecule is COc1ccccc1CN(C)CC1(C)CCCN1. The Bertz CT molecular complexity index is 386. The zero-order chi connectivity index (χ0) is 13.0. The molecular weight excluding hydrogens is 224 g/mol. The lowest BCUT2D eigenvalue weighted by Crippen LogP contribution is -2.46.